The van der Waals surface area contributed by atoms with Gasteiger partial charge < -0.3 is 14.6 Å². The molecule has 0 saturated carbocycles. The van der Waals surface area contributed by atoms with E-state index in [9.17, 15) is 4.79 Å². The van der Waals surface area contributed by atoms with Gasteiger partial charge in [0.15, 0.2) is 5.16 Å². The van der Waals surface area contributed by atoms with E-state index in [-0.39, 0.29) is 11.2 Å². The van der Waals surface area contributed by atoms with Crippen molar-refractivity contribution in [3.8, 4) is 0 Å². The van der Waals surface area contributed by atoms with Crippen LogP contribution in [0.2, 0.25) is 5.02 Å². The topological polar surface area (TPSA) is 56.1 Å². The number of nitrogens with zero attached hydrogens (tertiary/aromatic N) is 2. The van der Waals surface area contributed by atoms with Gasteiger partial charge in [0, 0.05) is 13.7 Å². The van der Waals surface area contributed by atoms with Crippen molar-refractivity contribution < 1.29 is 9.53 Å². The molecule has 0 spiro atoms. The number of anilines is 1. The lowest BCUT2D eigenvalue weighted by atomic mass is 10.3. The minimum atomic E-state index is -0.329. The van der Waals surface area contributed by atoms with E-state index in [1.807, 2.05) is 43.3 Å². The number of imidazole rings is 1. The lowest BCUT2D eigenvalue weighted by Gasteiger charge is -2.14. The number of fused-ring (bicyclic) bond motifs is 1. The summed E-state index contributed by atoms with van der Waals surface area (Å²) in [5, 5.41) is 3.86. The normalized spacial score (nSPS) is 12.3. The van der Waals surface area contributed by atoms with Crippen molar-refractivity contribution in [2.24, 2.45) is 0 Å². The second-order valence-corrected chi connectivity index (χ2v) is 7.47. The summed E-state index contributed by atoms with van der Waals surface area (Å²) in [5.41, 5.74) is 2.55. The van der Waals surface area contributed by atoms with Gasteiger partial charge in [-0.2, -0.15) is 0 Å². The van der Waals surface area contributed by atoms with Crippen molar-refractivity contribution in [2.45, 2.75) is 23.9 Å². The number of methoxy groups -OCH3 is 1. The molecule has 0 fully saturated rings. The Morgan fingerprint density at radius 2 is 2.00 bits per heavy atom. The van der Waals surface area contributed by atoms with E-state index in [1.54, 1.807) is 19.2 Å². The minimum Gasteiger partial charge on any atom is -0.383 e. The molecule has 1 atom stereocenters. The van der Waals surface area contributed by atoms with Crippen LogP contribution < -0.4 is 5.32 Å². The SMILES string of the molecule is COCCn1c(SC(C)C(=O)Nc2ccccc2Cl)nc2ccccc21. The number of carbonyl (C=O) groups is 1. The molecular formula is C19H20ClN3O2S. The average Bonchev–Trinajstić information content (AvgIpc) is 2.98. The number of amides is 1. The van der Waals surface area contributed by atoms with E-state index >= 15 is 0 Å². The molecule has 1 aromatic heterocycles. The number of hydrogen-bond donors (Lipinski definition) is 1. The largest absolute Gasteiger partial charge is 0.383 e. The molecule has 136 valence electrons. The number of hydrogen-bond acceptors (Lipinski definition) is 4. The molecule has 0 bridgehead atoms. The predicted octanol–water partition coefficient (Wildman–Crippen LogP) is 4.46. The number of nitrogens with one attached hydrogen (secondary N) is 1. The molecule has 0 aliphatic rings. The Morgan fingerprint density at radius 3 is 2.77 bits per heavy atom. The van der Waals surface area contributed by atoms with E-state index in [0.717, 1.165) is 16.2 Å². The van der Waals surface area contributed by atoms with Gasteiger partial charge in [-0.05, 0) is 31.2 Å². The fourth-order valence-corrected chi connectivity index (χ4v) is 3.68. The zero-order chi connectivity index (χ0) is 18.5. The third kappa shape index (κ3) is 4.20. The molecule has 1 unspecified atom stereocenters. The molecule has 2 aromatic carbocycles. The summed E-state index contributed by atoms with van der Waals surface area (Å²) in [6, 6.07) is 15.1. The van der Waals surface area contributed by atoms with Crippen molar-refractivity contribution in [1.29, 1.82) is 0 Å². The standard InChI is InChI=1S/C19H20ClN3O2S/c1-13(18(24)21-15-8-4-3-7-14(15)20)26-19-22-16-9-5-6-10-17(16)23(19)11-12-25-2/h3-10,13H,11-12H2,1-2H3,(H,21,24). The zero-order valence-corrected chi connectivity index (χ0v) is 16.2. The van der Waals surface area contributed by atoms with E-state index in [2.05, 4.69) is 14.9 Å². The molecular weight excluding hydrogens is 370 g/mol. The maximum absolute atomic E-state index is 12.6. The summed E-state index contributed by atoms with van der Waals surface area (Å²) in [4.78, 5) is 17.2. The number of rotatable bonds is 7. The summed E-state index contributed by atoms with van der Waals surface area (Å²) in [5.74, 6) is -0.117. The molecule has 1 heterocycles. The summed E-state index contributed by atoms with van der Waals surface area (Å²) < 4.78 is 7.30. The first-order valence-electron chi connectivity index (χ1n) is 8.26. The van der Waals surface area contributed by atoms with Crippen LogP contribution in [0, 0.1) is 0 Å². The highest BCUT2D eigenvalue weighted by Gasteiger charge is 2.20. The Kier molecular flexibility index (Phi) is 6.19. The van der Waals surface area contributed by atoms with Crippen molar-refractivity contribution in [2.75, 3.05) is 19.0 Å². The Bertz CT molecular complexity index is 913. The monoisotopic (exact) mass is 389 g/mol. The molecule has 7 heteroatoms. The maximum Gasteiger partial charge on any atom is 0.237 e. The number of ether oxygens (including phenoxy) is 1. The van der Waals surface area contributed by atoms with E-state index in [0.29, 0.717) is 23.9 Å². The third-order valence-electron chi connectivity index (χ3n) is 3.92. The van der Waals surface area contributed by atoms with Gasteiger partial charge in [0.25, 0.3) is 0 Å². The Labute approximate surface area is 161 Å². The van der Waals surface area contributed by atoms with Crippen molar-refractivity contribution >= 4 is 46.0 Å². The van der Waals surface area contributed by atoms with Crippen LogP contribution in [0.25, 0.3) is 11.0 Å². The molecule has 0 aliphatic carbocycles. The fraction of sp³-hybridized carbons (Fsp3) is 0.263. The minimum absolute atomic E-state index is 0.117. The number of para-hydroxylation sites is 3. The number of benzene rings is 2. The van der Waals surface area contributed by atoms with E-state index in [1.165, 1.54) is 11.8 Å². The van der Waals surface area contributed by atoms with Crippen LogP contribution in [0.5, 0.6) is 0 Å². The van der Waals surface area contributed by atoms with Gasteiger partial charge in [-0.1, -0.05) is 47.6 Å². The number of halogens is 1. The lowest BCUT2D eigenvalue weighted by molar-refractivity contribution is -0.115. The Hall–Kier alpha value is -2.02. The van der Waals surface area contributed by atoms with Crippen LogP contribution in [0.4, 0.5) is 5.69 Å². The second-order valence-electron chi connectivity index (χ2n) is 5.76. The zero-order valence-electron chi connectivity index (χ0n) is 14.6. The second kappa shape index (κ2) is 8.58. The van der Waals surface area contributed by atoms with Gasteiger partial charge in [0.05, 0.1) is 33.6 Å². The van der Waals surface area contributed by atoms with Gasteiger partial charge >= 0.3 is 0 Å². The van der Waals surface area contributed by atoms with Gasteiger partial charge in [-0.25, -0.2) is 4.98 Å². The molecule has 0 radical (unpaired) electrons. The van der Waals surface area contributed by atoms with Crippen LogP contribution in [0.3, 0.4) is 0 Å². The highest BCUT2D eigenvalue weighted by molar-refractivity contribution is 8.00. The average molecular weight is 390 g/mol. The molecule has 26 heavy (non-hydrogen) atoms. The summed E-state index contributed by atoms with van der Waals surface area (Å²) in [6.07, 6.45) is 0. The van der Waals surface area contributed by atoms with Crippen LogP contribution in [0.1, 0.15) is 6.92 Å². The number of thioether (sulfide) groups is 1. The van der Waals surface area contributed by atoms with Crippen molar-refractivity contribution in [1.82, 2.24) is 9.55 Å². The summed E-state index contributed by atoms with van der Waals surface area (Å²) >= 11 is 7.54. The van der Waals surface area contributed by atoms with Crippen LogP contribution in [-0.4, -0.2) is 34.4 Å². The van der Waals surface area contributed by atoms with Crippen LogP contribution >= 0.6 is 23.4 Å². The molecule has 5 nitrogen and oxygen atoms in total. The first kappa shape index (κ1) is 18.8. The van der Waals surface area contributed by atoms with E-state index in [4.69, 9.17) is 16.3 Å². The molecule has 0 saturated heterocycles. The third-order valence-corrected chi connectivity index (χ3v) is 5.34. The maximum atomic E-state index is 12.6. The Morgan fingerprint density at radius 1 is 1.27 bits per heavy atom. The van der Waals surface area contributed by atoms with Crippen molar-refractivity contribution in [3.63, 3.8) is 0 Å². The van der Waals surface area contributed by atoms with Gasteiger partial charge in [-0.3, -0.25) is 4.79 Å². The first-order valence-corrected chi connectivity index (χ1v) is 9.52. The number of aromatic nitrogens is 2. The first-order chi connectivity index (χ1) is 12.6. The fourth-order valence-electron chi connectivity index (χ4n) is 2.55. The molecule has 1 N–H and O–H groups in total. The quantitative estimate of drug-likeness (QED) is 0.606. The van der Waals surface area contributed by atoms with E-state index < -0.39 is 0 Å². The summed E-state index contributed by atoms with van der Waals surface area (Å²) in [7, 11) is 1.67. The summed E-state index contributed by atoms with van der Waals surface area (Å²) in [6.45, 7) is 3.11. The van der Waals surface area contributed by atoms with Crippen LogP contribution in [0.15, 0.2) is 53.7 Å². The molecule has 0 aliphatic heterocycles. The lowest BCUT2D eigenvalue weighted by Crippen LogP contribution is -2.23. The predicted molar refractivity (Wildman–Crippen MR) is 107 cm³/mol. The van der Waals surface area contributed by atoms with Gasteiger partial charge in [0.2, 0.25) is 5.91 Å². The Balaban J connectivity index is 1.79. The molecule has 3 rings (SSSR count). The molecule has 1 amide bonds. The van der Waals surface area contributed by atoms with Crippen molar-refractivity contribution in [3.05, 3.63) is 53.6 Å². The van der Waals surface area contributed by atoms with Gasteiger partial charge in [-0.15, -0.1) is 0 Å². The van der Waals surface area contributed by atoms with Gasteiger partial charge in [0.1, 0.15) is 0 Å². The highest BCUT2D eigenvalue weighted by Crippen LogP contribution is 2.28. The molecule has 3 aromatic rings. The highest BCUT2D eigenvalue weighted by atomic mass is 35.5. The smallest absolute Gasteiger partial charge is 0.237 e. The number of carbonyl (C=O) groups excluding carboxylic acids is 1. The van der Waals surface area contributed by atoms with Crippen LogP contribution in [-0.2, 0) is 16.1 Å².